The molecule has 30 heavy (non-hydrogen) atoms. The Bertz CT molecular complexity index is 473. The van der Waals surface area contributed by atoms with Crippen LogP contribution in [-0.2, 0) is 15.9 Å². The molecule has 0 N–H and O–H groups in total. The number of hydrogen-bond acceptors (Lipinski definition) is 2. The van der Waals surface area contributed by atoms with Crippen molar-refractivity contribution in [1.29, 1.82) is 0 Å². The van der Waals surface area contributed by atoms with Crippen LogP contribution in [0.3, 0.4) is 0 Å². The Hall–Kier alpha value is -0.570. The van der Waals surface area contributed by atoms with E-state index in [1.54, 1.807) is 14.2 Å². The Labute approximate surface area is 192 Å². The summed E-state index contributed by atoms with van der Waals surface area (Å²) < 4.78 is 11.6. The molecule has 1 aromatic carbocycles. The van der Waals surface area contributed by atoms with Crippen molar-refractivity contribution in [2.75, 3.05) is 20.1 Å². The van der Waals surface area contributed by atoms with Crippen molar-refractivity contribution < 1.29 is 9.47 Å². The third-order valence-corrected chi connectivity index (χ3v) is 6.52. The van der Waals surface area contributed by atoms with Crippen molar-refractivity contribution in [2.24, 2.45) is 0 Å². The zero-order valence-electron chi connectivity index (χ0n) is 19.8. The van der Waals surface area contributed by atoms with Crippen molar-refractivity contribution in [3.8, 4) is 0 Å². The molecule has 0 unspecified atom stereocenters. The highest BCUT2D eigenvalue weighted by Crippen LogP contribution is 2.25. The lowest BCUT2D eigenvalue weighted by Gasteiger charge is -2.31. The molecular formula is C27H47ClO2. The second kappa shape index (κ2) is 19.1. The van der Waals surface area contributed by atoms with Crippen molar-refractivity contribution in [1.82, 2.24) is 0 Å². The lowest BCUT2D eigenvalue weighted by Crippen LogP contribution is -2.36. The summed E-state index contributed by atoms with van der Waals surface area (Å²) in [6, 6.07) is 10.5. The van der Waals surface area contributed by atoms with Gasteiger partial charge >= 0.3 is 0 Å². The van der Waals surface area contributed by atoms with Crippen LogP contribution in [-0.4, -0.2) is 25.9 Å². The van der Waals surface area contributed by atoms with Crippen molar-refractivity contribution in [3.05, 3.63) is 35.9 Å². The van der Waals surface area contributed by atoms with E-state index in [1.807, 2.05) is 0 Å². The molecule has 1 rings (SSSR count). The summed E-state index contributed by atoms with van der Waals surface area (Å²) in [7, 11) is 3.54. The predicted octanol–water partition coefficient (Wildman–Crippen LogP) is 8.70. The summed E-state index contributed by atoms with van der Waals surface area (Å²) >= 11 is 5.71. The predicted molar refractivity (Wildman–Crippen MR) is 131 cm³/mol. The highest BCUT2D eigenvalue weighted by Gasteiger charge is 2.29. The van der Waals surface area contributed by atoms with E-state index in [0.717, 1.165) is 18.7 Å². The van der Waals surface area contributed by atoms with Gasteiger partial charge in [-0.15, -0.1) is 11.6 Å². The van der Waals surface area contributed by atoms with Gasteiger partial charge in [0.2, 0.25) is 0 Å². The molecule has 0 heterocycles. The molecule has 0 bridgehead atoms. The van der Waals surface area contributed by atoms with Crippen LogP contribution in [0.1, 0.15) is 108 Å². The maximum absolute atomic E-state index is 5.79. The van der Waals surface area contributed by atoms with Crippen LogP contribution in [0.25, 0.3) is 0 Å². The van der Waals surface area contributed by atoms with E-state index in [0.29, 0.717) is 0 Å². The summed E-state index contributed by atoms with van der Waals surface area (Å²) in [5.74, 6) is 0.348. The van der Waals surface area contributed by atoms with Crippen molar-refractivity contribution in [2.45, 2.75) is 115 Å². The van der Waals surface area contributed by atoms with E-state index in [-0.39, 0.29) is 0 Å². The molecule has 0 aliphatic heterocycles. The lowest BCUT2D eigenvalue weighted by molar-refractivity contribution is -0.210. The highest BCUT2D eigenvalue weighted by atomic mass is 35.5. The number of ether oxygens (including phenoxy) is 2. The first-order chi connectivity index (χ1) is 14.8. The van der Waals surface area contributed by atoms with E-state index >= 15 is 0 Å². The minimum atomic E-state index is -0.481. The van der Waals surface area contributed by atoms with Gasteiger partial charge in [-0.3, -0.25) is 0 Å². The molecule has 0 amide bonds. The Morgan fingerprint density at radius 3 is 1.40 bits per heavy atom. The molecule has 0 aliphatic carbocycles. The quantitative estimate of drug-likeness (QED) is 0.108. The standard InChI is InChI=1S/C27H47ClO2/c1-29-27(30-2,25-26-21-17-16-18-22-26)23-19-14-12-10-8-6-4-3-5-7-9-11-13-15-20-24-28/h16-18,21-22H,3-15,19-20,23-25H2,1-2H3. The smallest absolute Gasteiger partial charge is 0.171 e. The molecule has 174 valence electrons. The zero-order chi connectivity index (χ0) is 21.8. The van der Waals surface area contributed by atoms with Gasteiger partial charge in [0.15, 0.2) is 5.79 Å². The van der Waals surface area contributed by atoms with Crippen molar-refractivity contribution >= 4 is 11.6 Å². The third kappa shape index (κ3) is 13.7. The summed E-state index contributed by atoms with van der Waals surface area (Å²) in [6.45, 7) is 0. The molecular weight excluding hydrogens is 392 g/mol. The Morgan fingerprint density at radius 1 is 0.600 bits per heavy atom. The van der Waals surface area contributed by atoms with E-state index in [2.05, 4.69) is 30.3 Å². The Morgan fingerprint density at radius 2 is 1.00 bits per heavy atom. The molecule has 3 heteroatoms. The number of benzene rings is 1. The van der Waals surface area contributed by atoms with E-state index < -0.39 is 5.79 Å². The Kier molecular flexibility index (Phi) is 17.5. The molecule has 0 atom stereocenters. The molecule has 0 saturated carbocycles. The SMILES string of the molecule is COC(CCCCCCCCCCCCCCCCCCl)(Cc1ccccc1)OC. The molecule has 0 spiro atoms. The van der Waals surface area contributed by atoms with Crippen LogP contribution >= 0.6 is 11.6 Å². The average Bonchev–Trinajstić information content (AvgIpc) is 2.78. The number of alkyl halides is 1. The van der Waals surface area contributed by atoms with Gasteiger partial charge in [0.25, 0.3) is 0 Å². The average molecular weight is 439 g/mol. The van der Waals surface area contributed by atoms with E-state index in [9.17, 15) is 0 Å². The number of methoxy groups -OCH3 is 2. The maximum Gasteiger partial charge on any atom is 0.171 e. The highest BCUT2D eigenvalue weighted by molar-refractivity contribution is 6.17. The first kappa shape index (κ1) is 27.5. The van der Waals surface area contributed by atoms with Crippen LogP contribution < -0.4 is 0 Å². The number of rotatable bonds is 21. The van der Waals surface area contributed by atoms with Gasteiger partial charge in [0.05, 0.1) is 0 Å². The summed E-state index contributed by atoms with van der Waals surface area (Å²) in [5, 5.41) is 0. The largest absolute Gasteiger partial charge is 0.353 e. The maximum atomic E-state index is 5.79. The molecule has 0 radical (unpaired) electrons. The Balaban J connectivity index is 1.95. The number of halogens is 1. The monoisotopic (exact) mass is 438 g/mol. The molecule has 0 aromatic heterocycles. The summed E-state index contributed by atoms with van der Waals surface area (Å²) in [4.78, 5) is 0. The molecule has 0 aliphatic rings. The first-order valence-corrected chi connectivity index (χ1v) is 13.0. The minimum absolute atomic E-state index is 0.481. The fraction of sp³-hybridized carbons (Fsp3) is 0.778. The van der Waals surface area contributed by atoms with Gasteiger partial charge in [0.1, 0.15) is 0 Å². The van der Waals surface area contributed by atoms with Gasteiger partial charge in [-0.2, -0.15) is 0 Å². The summed E-state index contributed by atoms with van der Waals surface area (Å²) in [6.07, 6.45) is 22.1. The number of unbranched alkanes of at least 4 members (excludes halogenated alkanes) is 14. The molecule has 0 fully saturated rings. The van der Waals surface area contributed by atoms with Gasteiger partial charge in [0, 0.05) is 32.9 Å². The molecule has 2 nitrogen and oxygen atoms in total. The van der Waals surface area contributed by atoms with Gasteiger partial charge < -0.3 is 9.47 Å². The van der Waals surface area contributed by atoms with Crippen LogP contribution in [0, 0.1) is 0 Å². The second-order valence-corrected chi connectivity index (χ2v) is 9.10. The van der Waals surface area contributed by atoms with Crippen molar-refractivity contribution in [3.63, 3.8) is 0 Å². The van der Waals surface area contributed by atoms with Crippen LogP contribution in [0.4, 0.5) is 0 Å². The van der Waals surface area contributed by atoms with Crippen LogP contribution in [0.2, 0.25) is 0 Å². The number of hydrogen-bond donors (Lipinski definition) is 0. The van der Waals surface area contributed by atoms with E-state index in [1.165, 1.54) is 102 Å². The zero-order valence-corrected chi connectivity index (χ0v) is 20.6. The topological polar surface area (TPSA) is 18.5 Å². The van der Waals surface area contributed by atoms with Gasteiger partial charge in [-0.25, -0.2) is 0 Å². The normalized spacial score (nSPS) is 11.8. The van der Waals surface area contributed by atoms with E-state index in [4.69, 9.17) is 21.1 Å². The second-order valence-electron chi connectivity index (χ2n) is 8.72. The molecule has 1 aromatic rings. The molecule has 0 saturated heterocycles. The lowest BCUT2D eigenvalue weighted by atomic mass is 9.98. The van der Waals surface area contributed by atoms with Gasteiger partial charge in [-0.05, 0) is 18.4 Å². The van der Waals surface area contributed by atoms with Crippen LogP contribution in [0.15, 0.2) is 30.3 Å². The fourth-order valence-corrected chi connectivity index (χ4v) is 4.40. The van der Waals surface area contributed by atoms with Gasteiger partial charge in [-0.1, -0.05) is 114 Å². The first-order valence-electron chi connectivity index (χ1n) is 12.5. The minimum Gasteiger partial charge on any atom is -0.353 e. The third-order valence-electron chi connectivity index (χ3n) is 6.25. The van der Waals surface area contributed by atoms with Crippen LogP contribution in [0.5, 0.6) is 0 Å². The fourth-order valence-electron chi connectivity index (χ4n) is 4.21. The summed E-state index contributed by atoms with van der Waals surface area (Å²) in [5.41, 5.74) is 1.27.